The maximum atomic E-state index is 5.98. The molecule has 6 atom stereocenters. The monoisotopic (exact) mass is 268 g/mol. The van der Waals surface area contributed by atoms with E-state index in [4.69, 9.17) is 18.9 Å². The summed E-state index contributed by atoms with van der Waals surface area (Å²) in [6.07, 6.45) is 1.60. The van der Waals surface area contributed by atoms with Gasteiger partial charge in [-0.2, -0.15) is 0 Å². The first-order chi connectivity index (χ1) is 7.46. The minimum Gasteiger partial charge on any atom is -0.349 e. The summed E-state index contributed by atoms with van der Waals surface area (Å²) in [5.41, 5.74) is 0. The van der Waals surface area contributed by atoms with Crippen molar-refractivity contribution in [2.45, 2.75) is 37.6 Å². The zero-order valence-electron chi connectivity index (χ0n) is 10.4. The fourth-order valence-corrected chi connectivity index (χ4v) is 2.61. The minimum atomic E-state index is -0.890. The van der Waals surface area contributed by atoms with Crippen LogP contribution in [0, 0.1) is 0 Å². The molecular formula is C10H22O4P2. The Labute approximate surface area is 102 Å². The Kier molecular flexibility index (Phi) is 5.13. The second kappa shape index (κ2) is 5.56. The lowest BCUT2D eigenvalue weighted by Crippen LogP contribution is -2.65. The molecule has 0 N–H and O–H groups in total. The predicted molar refractivity (Wildman–Crippen MR) is 69.7 cm³/mol. The van der Waals surface area contributed by atoms with E-state index >= 15 is 0 Å². The molecule has 96 valence electrons. The van der Waals surface area contributed by atoms with Gasteiger partial charge < -0.3 is 18.9 Å². The number of hydrogen-bond donors (Lipinski definition) is 0. The molecule has 0 aliphatic carbocycles. The van der Waals surface area contributed by atoms with Gasteiger partial charge in [0.1, 0.15) is 0 Å². The van der Waals surface area contributed by atoms with Gasteiger partial charge >= 0.3 is 0 Å². The van der Waals surface area contributed by atoms with Crippen molar-refractivity contribution in [1.29, 1.82) is 0 Å². The molecule has 0 amide bonds. The molecule has 1 aliphatic rings. The third-order valence-corrected chi connectivity index (χ3v) is 4.17. The van der Waals surface area contributed by atoms with E-state index in [0.29, 0.717) is 0 Å². The zero-order valence-corrected chi connectivity index (χ0v) is 12.7. The molecule has 0 aromatic carbocycles. The molecule has 1 saturated heterocycles. The highest BCUT2D eigenvalue weighted by Gasteiger charge is 2.55. The van der Waals surface area contributed by atoms with Crippen LogP contribution in [0.2, 0.25) is 0 Å². The average Bonchev–Trinajstić information content (AvgIpc) is 2.31. The normalized spacial score (nSPS) is 44.6. The maximum absolute atomic E-state index is 5.98. The van der Waals surface area contributed by atoms with Gasteiger partial charge in [0, 0.05) is 14.2 Å². The summed E-state index contributed by atoms with van der Waals surface area (Å²) in [6, 6.07) is 0. The molecule has 0 radical (unpaired) electrons. The molecule has 0 saturated carbocycles. The Balaban J connectivity index is 2.94. The third kappa shape index (κ3) is 2.43. The fraction of sp³-hybridized carbons (Fsp3) is 1.00. The molecule has 1 heterocycles. The van der Waals surface area contributed by atoms with Crippen molar-refractivity contribution in [3.63, 3.8) is 0 Å². The largest absolute Gasteiger partial charge is 0.349 e. The quantitative estimate of drug-likeness (QED) is 0.719. The van der Waals surface area contributed by atoms with Gasteiger partial charge in [-0.1, -0.05) is 0 Å². The van der Waals surface area contributed by atoms with Gasteiger partial charge in [0.15, 0.2) is 0 Å². The number of rotatable bonds is 4. The second-order valence-corrected chi connectivity index (χ2v) is 5.03. The second-order valence-electron chi connectivity index (χ2n) is 4.08. The summed E-state index contributed by atoms with van der Waals surface area (Å²) < 4.78 is 22.8. The van der Waals surface area contributed by atoms with Gasteiger partial charge in [-0.15, -0.1) is 18.5 Å². The molecule has 1 fully saturated rings. The van der Waals surface area contributed by atoms with E-state index in [2.05, 4.69) is 18.5 Å². The van der Waals surface area contributed by atoms with E-state index < -0.39 is 11.6 Å². The smallest absolute Gasteiger partial charge is 0.220 e. The molecule has 0 aromatic heterocycles. The Morgan fingerprint density at radius 3 is 1.44 bits per heavy atom. The minimum absolute atomic E-state index is 0.00400. The van der Waals surface area contributed by atoms with Crippen molar-refractivity contribution >= 4 is 18.5 Å². The third-order valence-electron chi connectivity index (χ3n) is 3.24. The first-order valence-corrected chi connectivity index (χ1v) is 6.95. The van der Waals surface area contributed by atoms with Gasteiger partial charge in [-0.25, -0.2) is 0 Å². The lowest BCUT2D eigenvalue weighted by atomic mass is 10.0. The molecule has 4 nitrogen and oxygen atoms in total. The van der Waals surface area contributed by atoms with Crippen LogP contribution in [0.4, 0.5) is 0 Å². The van der Waals surface area contributed by atoms with Gasteiger partial charge in [0.05, 0.1) is 12.2 Å². The van der Waals surface area contributed by atoms with Crippen LogP contribution in [0.5, 0.6) is 0 Å². The number of ether oxygens (including phenoxy) is 4. The summed E-state index contributed by atoms with van der Waals surface area (Å²) >= 11 is 0. The Hall–Kier alpha value is 0.700. The van der Waals surface area contributed by atoms with Gasteiger partial charge in [-0.3, -0.25) is 0 Å². The maximum Gasteiger partial charge on any atom is 0.220 e. The van der Waals surface area contributed by atoms with Crippen LogP contribution in [0.15, 0.2) is 0 Å². The summed E-state index contributed by atoms with van der Waals surface area (Å²) in [5.74, 6) is -1.78. The Morgan fingerprint density at radius 2 is 1.25 bits per heavy atom. The van der Waals surface area contributed by atoms with E-state index in [1.165, 1.54) is 0 Å². The summed E-state index contributed by atoms with van der Waals surface area (Å²) in [6.45, 7) is 3.67. The molecule has 6 heteroatoms. The van der Waals surface area contributed by atoms with Crippen LogP contribution < -0.4 is 0 Å². The van der Waals surface area contributed by atoms with Gasteiger partial charge in [0.25, 0.3) is 0 Å². The lowest BCUT2D eigenvalue weighted by molar-refractivity contribution is -0.442. The van der Waals surface area contributed by atoms with E-state index in [9.17, 15) is 0 Å². The molecule has 1 rings (SSSR count). The molecule has 16 heavy (non-hydrogen) atoms. The standard InChI is InChI=1S/C10H22O4P2/c1-9(11-3)10(2,12-4)14-8(6-16)7(5-15)13-9/h7-8H,5-6,15-16H2,1-4H3/t7-,8-,9+,10?/m0/s1. The zero-order chi connectivity index (χ0) is 12.4. The topological polar surface area (TPSA) is 36.9 Å². The highest BCUT2D eigenvalue weighted by molar-refractivity contribution is 7.17. The molecule has 1 aliphatic heterocycles. The number of methoxy groups -OCH3 is 2. The van der Waals surface area contributed by atoms with Crippen LogP contribution in [0.25, 0.3) is 0 Å². The van der Waals surface area contributed by atoms with E-state index in [1.807, 2.05) is 13.8 Å². The van der Waals surface area contributed by atoms with Crippen molar-refractivity contribution in [2.24, 2.45) is 0 Å². The van der Waals surface area contributed by atoms with Crippen molar-refractivity contribution in [3.05, 3.63) is 0 Å². The lowest BCUT2D eigenvalue weighted by Gasteiger charge is -2.51. The molecule has 3 unspecified atom stereocenters. The first kappa shape index (κ1) is 14.8. The van der Waals surface area contributed by atoms with Gasteiger partial charge in [0.2, 0.25) is 11.6 Å². The SMILES string of the molecule is COC1(C)O[C@@H](CP)[C@H](CP)O[C@@]1(C)OC. The van der Waals surface area contributed by atoms with Crippen LogP contribution >= 0.6 is 18.5 Å². The molecular weight excluding hydrogens is 246 g/mol. The van der Waals surface area contributed by atoms with Crippen LogP contribution in [0.3, 0.4) is 0 Å². The summed E-state index contributed by atoms with van der Waals surface area (Å²) in [4.78, 5) is 0. The van der Waals surface area contributed by atoms with Crippen LogP contribution in [-0.2, 0) is 18.9 Å². The predicted octanol–water partition coefficient (Wildman–Crippen LogP) is 1.25. The van der Waals surface area contributed by atoms with Crippen molar-refractivity contribution in [1.82, 2.24) is 0 Å². The van der Waals surface area contributed by atoms with E-state index in [-0.39, 0.29) is 12.2 Å². The van der Waals surface area contributed by atoms with Crippen molar-refractivity contribution in [2.75, 3.05) is 26.5 Å². The van der Waals surface area contributed by atoms with Crippen molar-refractivity contribution in [3.8, 4) is 0 Å². The highest BCUT2D eigenvalue weighted by Crippen LogP contribution is 2.39. The summed E-state index contributed by atoms with van der Waals surface area (Å²) in [5, 5.41) is 0. The highest BCUT2D eigenvalue weighted by atomic mass is 31.0. The molecule has 0 aromatic rings. The van der Waals surface area contributed by atoms with E-state index in [1.54, 1.807) is 14.2 Å². The van der Waals surface area contributed by atoms with Crippen LogP contribution in [-0.4, -0.2) is 50.3 Å². The van der Waals surface area contributed by atoms with Crippen LogP contribution in [0.1, 0.15) is 13.8 Å². The first-order valence-electron chi connectivity index (χ1n) is 5.32. The Morgan fingerprint density at radius 1 is 0.938 bits per heavy atom. The molecule has 0 spiro atoms. The Bertz CT molecular complexity index is 217. The average molecular weight is 268 g/mol. The van der Waals surface area contributed by atoms with E-state index in [0.717, 1.165) is 12.3 Å². The van der Waals surface area contributed by atoms with Crippen molar-refractivity contribution < 1.29 is 18.9 Å². The summed E-state index contributed by atoms with van der Waals surface area (Å²) in [7, 11) is 8.55. The number of hydrogen-bond acceptors (Lipinski definition) is 4. The fourth-order valence-electron chi connectivity index (χ4n) is 1.81. The van der Waals surface area contributed by atoms with Gasteiger partial charge in [-0.05, 0) is 26.2 Å². The molecule has 0 bridgehead atoms.